The predicted octanol–water partition coefficient (Wildman–Crippen LogP) is 5.40. The summed E-state index contributed by atoms with van der Waals surface area (Å²) < 4.78 is 11.0. The first-order valence-corrected chi connectivity index (χ1v) is 16.2. The van der Waals surface area contributed by atoms with E-state index in [9.17, 15) is 9.90 Å². The number of hydrogen-bond donors (Lipinski definition) is 1. The average molecular weight is 577 g/mol. The van der Waals surface area contributed by atoms with E-state index in [1.165, 1.54) is 24.8 Å². The fraction of sp³-hybridized carbons (Fsp3) is 0.788. The molecule has 1 unspecified atom stereocenters. The number of carbonyl (C=O) groups is 1. The van der Waals surface area contributed by atoms with Crippen molar-refractivity contribution >= 4 is 5.91 Å². The molecule has 0 spiro atoms. The van der Waals surface area contributed by atoms with E-state index in [-0.39, 0.29) is 12.1 Å². The van der Waals surface area contributed by atoms with Crippen molar-refractivity contribution in [2.45, 2.75) is 104 Å². The number of likely N-dealkylation sites (tertiary alicyclic amines) is 1. The number of benzene rings is 1. The minimum atomic E-state index is -0.281. The summed E-state index contributed by atoms with van der Waals surface area (Å²) in [6, 6.07) is 6.68. The van der Waals surface area contributed by atoms with Gasteiger partial charge in [-0.05, 0) is 96.8 Å². The fourth-order valence-corrected chi connectivity index (χ4v) is 5.62. The average Bonchev–Trinajstić information content (AvgIpc) is 3.56. The summed E-state index contributed by atoms with van der Waals surface area (Å²) in [6.07, 6.45) is 8.92. The number of rotatable bonds is 17. The van der Waals surface area contributed by atoms with Gasteiger partial charge in [0.05, 0.1) is 6.54 Å². The van der Waals surface area contributed by atoms with Crippen LogP contribution in [0.15, 0.2) is 18.2 Å². The van der Waals surface area contributed by atoms with E-state index in [4.69, 9.17) is 9.47 Å². The number of aliphatic hydroxyl groups is 1. The summed E-state index contributed by atoms with van der Waals surface area (Å²) in [5.41, 5.74) is 1.28. The first-order valence-electron chi connectivity index (χ1n) is 16.2. The number of amides is 1. The molecule has 1 amide bonds. The normalized spacial score (nSPS) is 19.0. The third-order valence-electron chi connectivity index (χ3n) is 8.31. The van der Waals surface area contributed by atoms with Crippen molar-refractivity contribution in [3.63, 3.8) is 0 Å². The Morgan fingerprint density at radius 3 is 2.29 bits per heavy atom. The lowest BCUT2D eigenvalue weighted by Gasteiger charge is -2.27. The molecule has 3 atom stereocenters. The molecule has 41 heavy (non-hydrogen) atoms. The zero-order chi connectivity index (χ0) is 30.2. The van der Waals surface area contributed by atoms with E-state index in [1.54, 1.807) is 0 Å². The molecule has 2 aliphatic rings. The van der Waals surface area contributed by atoms with Crippen LogP contribution in [0.5, 0.6) is 11.5 Å². The molecule has 2 aliphatic heterocycles. The van der Waals surface area contributed by atoms with Gasteiger partial charge in [0, 0.05) is 32.2 Å². The van der Waals surface area contributed by atoms with Crippen molar-refractivity contribution in [2.75, 3.05) is 66.7 Å². The van der Waals surface area contributed by atoms with Crippen molar-refractivity contribution in [2.24, 2.45) is 0 Å². The molecular weight excluding hydrogens is 516 g/mol. The van der Waals surface area contributed by atoms with Crippen LogP contribution in [-0.2, 0) is 4.79 Å². The molecule has 8 heteroatoms. The maximum atomic E-state index is 13.1. The van der Waals surface area contributed by atoms with Gasteiger partial charge in [0.2, 0.25) is 12.7 Å². The van der Waals surface area contributed by atoms with Gasteiger partial charge >= 0.3 is 0 Å². The zero-order valence-corrected chi connectivity index (χ0v) is 27.2. The first-order chi connectivity index (χ1) is 19.7. The van der Waals surface area contributed by atoms with Crippen molar-refractivity contribution in [3.05, 3.63) is 23.8 Å². The van der Waals surface area contributed by atoms with Crippen LogP contribution < -0.4 is 9.47 Å². The highest BCUT2D eigenvalue weighted by molar-refractivity contribution is 5.78. The summed E-state index contributed by atoms with van der Waals surface area (Å²) in [5.74, 6) is 2.40. The molecule has 0 aromatic heterocycles. The third-order valence-corrected chi connectivity index (χ3v) is 8.31. The van der Waals surface area contributed by atoms with Crippen LogP contribution in [0.3, 0.4) is 0 Å². The number of nitrogens with zero attached hydrogens (tertiary/aromatic N) is 4. The topological polar surface area (TPSA) is 68.7 Å². The maximum Gasteiger partial charge on any atom is 0.236 e. The fourth-order valence-electron chi connectivity index (χ4n) is 5.62. The van der Waals surface area contributed by atoms with Gasteiger partial charge in [-0.1, -0.05) is 46.1 Å². The molecule has 3 rings (SSSR count). The molecule has 1 aromatic rings. The smallest absolute Gasteiger partial charge is 0.236 e. The lowest BCUT2D eigenvalue weighted by molar-refractivity contribution is -0.132. The molecular formula is C33H60N4O4. The quantitative estimate of drug-likeness (QED) is 0.197. The summed E-state index contributed by atoms with van der Waals surface area (Å²) in [5, 5.41) is 9.24. The van der Waals surface area contributed by atoms with Gasteiger partial charge in [-0.15, -0.1) is 0 Å². The summed E-state index contributed by atoms with van der Waals surface area (Å²) in [7, 11) is 4.21. The molecule has 1 saturated heterocycles. The van der Waals surface area contributed by atoms with Gasteiger partial charge in [0.25, 0.3) is 0 Å². The van der Waals surface area contributed by atoms with Gasteiger partial charge in [-0.2, -0.15) is 0 Å². The Bertz CT molecular complexity index is 866. The number of aliphatic hydroxyl groups excluding tert-OH is 1. The molecule has 2 heterocycles. The molecule has 0 aliphatic carbocycles. The third kappa shape index (κ3) is 12.5. The van der Waals surface area contributed by atoms with Gasteiger partial charge in [0.1, 0.15) is 6.23 Å². The highest BCUT2D eigenvalue weighted by atomic mass is 16.7. The summed E-state index contributed by atoms with van der Waals surface area (Å²) in [6.45, 7) is 17.1. The van der Waals surface area contributed by atoms with Crippen LogP contribution in [0.25, 0.3) is 0 Å². The molecule has 236 valence electrons. The molecule has 1 N–H and O–H groups in total. The van der Waals surface area contributed by atoms with Crippen LogP contribution >= 0.6 is 0 Å². The number of hydrogen-bond acceptors (Lipinski definition) is 7. The second-order valence-electron chi connectivity index (χ2n) is 12.0. The maximum absolute atomic E-state index is 13.1. The Morgan fingerprint density at radius 2 is 1.63 bits per heavy atom. The second-order valence-corrected chi connectivity index (χ2v) is 12.0. The van der Waals surface area contributed by atoms with E-state index >= 15 is 0 Å². The first kappa shape index (κ1) is 35.3. The Hall–Kier alpha value is -1.87. The number of unbranched alkanes of at least 4 members (excludes halogenated alkanes) is 4. The highest BCUT2D eigenvalue weighted by Crippen LogP contribution is 2.38. The van der Waals surface area contributed by atoms with Gasteiger partial charge < -0.3 is 24.4 Å². The number of fused-ring (bicyclic) bond motifs is 1. The monoisotopic (exact) mass is 576 g/mol. The number of ether oxygens (including phenoxy) is 2. The van der Waals surface area contributed by atoms with Crippen LogP contribution in [-0.4, -0.2) is 110 Å². The largest absolute Gasteiger partial charge is 0.454 e. The van der Waals surface area contributed by atoms with Gasteiger partial charge in [-0.25, -0.2) is 0 Å². The minimum Gasteiger partial charge on any atom is -0.454 e. The molecule has 1 aromatic carbocycles. The van der Waals surface area contributed by atoms with Crippen molar-refractivity contribution < 1.29 is 19.4 Å². The van der Waals surface area contributed by atoms with Crippen molar-refractivity contribution in [3.8, 4) is 11.5 Å². The van der Waals surface area contributed by atoms with Crippen molar-refractivity contribution in [1.29, 1.82) is 0 Å². The van der Waals surface area contributed by atoms with Crippen LogP contribution in [0.2, 0.25) is 0 Å². The standard InChI is InChI=1S/C24H39N3O3.C9H21NO/c1-5-6-12-26(13-8-7-11-25(3)4)24(28)17-27-16-21(14-19(27)2)20-9-10-22-23(15-20)30-18-29-22;1-4-6-7-8-10(5-2)9(3)11/h9-10,15,19,21H,5-8,11-14,16-18H2,1-4H3;9,11H,4-8H2,1-3H3/t19-,21+;/m0./s1. The Labute approximate surface area is 251 Å². The lowest BCUT2D eigenvalue weighted by atomic mass is 9.96. The van der Waals surface area contributed by atoms with Crippen LogP contribution in [0.4, 0.5) is 0 Å². The van der Waals surface area contributed by atoms with E-state index < -0.39 is 0 Å². The minimum absolute atomic E-state index is 0.281. The second kappa shape index (κ2) is 19.3. The summed E-state index contributed by atoms with van der Waals surface area (Å²) in [4.78, 5) is 21.9. The molecule has 1 fully saturated rings. The summed E-state index contributed by atoms with van der Waals surface area (Å²) >= 11 is 0. The van der Waals surface area contributed by atoms with E-state index in [0.29, 0.717) is 25.3 Å². The SMILES string of the molecule is CCCCCN(CC)C(C)O.CCCCN(CCCCN(C)C)C(=O)CN1C[C@H](c2ccc3c(c2)OCO3)C[C@@H]1C. The molecule has 0 radical (unpaired) electrons. The predicted molar refractivity (Wildman–Crippen MR) is 169 cm³/mol. The molecule has 8 nitrogen and oxygen atoms in total. The van der Waals surface area contributed by atoms with Crippen molar-refractivity contribution in [1.82, 2.24) is 19.6 Å². The zero-order valence-electron chi connectivity index (χ0n) is 27.2. The van der Waals surface area contributed by atoms with Gasteiger partial charge in [0.15, 0.2) is 11.5 Å². The van der Waals surface area contributed by atoms with E-state index in [0.717, 1.165) is 82.9 Å². The Balaban J connectivity index is 0.000000454. The Morgan fingerprint density at radius 1 is 0.976 bits per heavy atom. The van der Waals surface area contributed by atoms with Crippen LogP contribution in [0.1, 0.15) is 97.5 Å². The van der Waals surface area contributed by atoms with E-state index in [2.05, 4.69) is 73.5 Å². The lowest BCUT2D eigenvalue weighted by Crippen LogP contribution is -2.42. The molecule has 0 bridgehead atoms. The van der Waals surface area contributed by atoms with Gasteiger partial charge in [-0.3, -0.25) is 14.6 Å². The molecule has 0 saturated carbocycles. The van der Waals surface area contributed by atoms with E-state index in [1.807, 2.05) is 13.0 Å². The number of carbonyl (C=O) groups excluding carboxylic acids is 1. The highest BCUT2D eigenvalue weighted by Gasteiger charge is 2.32. The van der Waals surface area contributed by atoms with Crippen LogP contribution in [0, 0.1) is 0 Å². The Kier molecular flexibility index (Phi) is 16.7.